The third-order valence-electron chi connectivity index (χ3n) is 10.1. The van der Waals surface area contributed by atoms with E-state index in [0.717, 1.165) is 5.57 Å². The monoisotopic (exact) mass is 548 g/mol. The summed E-state index contributed by atoms with van der Waals surface area (Å²) >= 11 is 7.52. The lowest BCUT2D eigenvalue weighted by atomic mass is 9.45. The van der Waals surface area contributed by atoms with Gasteiger partial charge >= 0.3 is 11.9 Å². The van der Waals surface area contributed by atoms with Gasteiger partial charge in [0, 0.05) is 29.6 Å². The van der Waals surface area contributed by atoms with E-state index in [1.165, 1.54) is 6.08 Å². The van der Waals surface area contributed by atoms with Crippen LogP contribution in [0.3, 0.4) is 0 Å². The molecule has 0 bridgehead atoms. The molecule has 4 aliphatic carbocycles. The number of aliphatic hydroxyl groups excluding tert-OH is 1. The van der Waals surface area contributed by atoms with Crippen LogP contribution < -0.4 is 0 Å². The van der Waals surface area contributed by atoms with Crippen LogP contribution in [0, 0.1) is 28.6 Å². The van der Waals surface area contributed by atoms with E-state index in [-0.39, 0.29) is 42.8 Å². The summed E-state index contributed by atoms with van der Waals surface area (Å²) in [6.07, 6.45) is 7.52. The standard InChI is InChI=1S/C30H41ClO7/c1-6-8-25(35)37-17-24(34)30(38-26(36)9-7-2)18(3)14-22-21-11-10-19-15-20(32)12-13-27(19,4)29(21,31)23(33)16-28(22,30)5/h12-13,15,18,21-23,33H,6-11,14,16-17H2,1-5H3/t18-,21+,22+,23+,27+,28+,29+,30+/m1/s1. The van der Waals surface area contributed by atoms with Gasteiger partial charge in [-0.1, -0.05) is 46.3 Å². The van der Waals surface area contributed by atoms with E-state index in [0.29, 0.717) is 32.1 Å². The number of alkyl halides is 1. The minimum absolute atomic E-state index is 0.0779. The van der Waals surface area contributed by atoms with Gasteiger partial charge in [-0.2, -0.15) is 0 Å². The van der Waals surface area contributed by atoms with Crippen molar-refractivity contribution < 1.29 is 33.8 Å². The van der Waals surface area contributed by atoms with Gasteiger partial charge < -0.3 is 14.6 Å². The summed E-state index contributed by atoms with van der Waals surface area (Å²) in [6, 6.07) is 0. The number of allylic oxidation sites excluding steroid dienone is 4. The van der Waals surface area contributed by atoms with Crippen molar-refractivity contribution in [2.24, 2.45) is 28.6 Å². The highest BCUT2D eigenvalue weighted by atomic mass is 35.5. The second-order valence-electron chi connectivity index (χ2n) is 12.2. The Bertz CT molecular complexity index is 1080. The summed E-state index contributed by atoms with van der Waals surface area (Å²) in [6.45, 7) is 9.07. The fourth-order valence-electron chi connectivity index (χ4n) is 8.36. The van der Waals surface area contributed by atoms with Gasteiger partial charge in [0.15, 0.2) is 18.0 Å². The fraction of sp³-hybridized carbons (Fsp3) is 0.733. The lowest BCUT2D eigenvalue weighted by molar-refractivity contribution is -0.203. The lowest BCUT2D eigenvalue weighted by Gasteiger charge is -2.64. The van der Waals surface area contributed by atoms with Gasteiger partial charge in [0.1, 0.15) is 0 Å². The second kappa shape index (κ2) is 10.2. The van der Waals surface area contributed by atoms with E-state index in [9.17, 15) is 24.3 Å². The Kier molecular flexibility index (Phi) is 7.78. The van der Waals surface area contributed by atoms with Crippen LogP contribution in [0.5, 0.6) is 0 Å². The van der Waals surface area contributed by atoms with Gasteiger partial charge in [0.05, 0.1) is 11.0 Å². The molecule has 7 nitrogen and oxygen atoms in total. The van der Waals surface area contributed by atoms with Gasteiger partial charge in [0.2, 0.25) is 5.78 Å². The number of aliphatic hydroxyl groups is 1. The number of halogens is 1. The van der Waals surface area contributed by atoms with Crippen molar-refractivity contribution in [1.82, 2.24) is 0 Å². The highest BCUT2D eigenvalue weighted by Gasteiger charge is 2.76. The number of carbonyl (C=O) groups excluding carboxylic acids is 4. The number of carbonyl (C=O) groups is 4. The van der Waals surface area contributed by atoms with Crippen molar-refractivity contribution in [3.05, 3.63) is 23.8 Å². The zero-order valence-corrected chi connectivity index (χ0v) is 23.9. The van der Waals surface area contributed by atoms with Crippen molar-refractivity contribution in [3.63, 3.8) is 0 Å². The zero-order chi connectivity index (χ0) is 28.1. The molecule has 0 radical (unpaired) electrons. The van der Waals surface area contributed by atoms with Gasteiger partial charge in [-0.25, -0.2) is 0 Å². The predicted molar refractivity (Wildman–Crippen MR) is 142 cm³/mol. The number of rotatable bonds is 8. The fourth-order valence-corrected chi connectivity index (χ4v) is 8.89. The molecule has 4 rings (SSSR count). The van der Waals surface area contributed by atoms with E-state index in [4.69, 9.17) is 21.1 Å². The third kappa shape index (κ3) is 4.02. The molecular weight excluding hydrogens is 508 g/mol. The molecule has 4 aliphatic rings. The van der Waals surface area contributed by atoms with Crippen LogP contribution in [-0.2, 0) is 28.7 Å². The van der Waals surface area contributed by atoms with E-state index in [1.54, 1.807) is 6.08 Å². The molecule has 0 amide bonds. The molecule has 0 spiro atoms. The highest BCUT2D eigenvalue weighted by Crippen LogP contribution is 2.72. The molecule has 3 saturated carbocycles. The Morgan fingerprint density at radius 1 is 1.11 bits per heavy atom. The van der Waals surface area contributed by atoms with Crippen molar-refractivity contribution in [2.75, 3.05) is 6.61 Å². The van der Waals surface area contributed by atoms with Crippen molar-refractivity contribution >= 4 is 35.1 Å². The second-order valence-corrected chi connectivity index (χ2v) is 12.8. The molecule has 0 aromatic heterocycles. The van der Waals surface area contributed by atoms with Crippen molar-refractivity contribution in [3.8, 4) is 0 Å². The normalized spacial score (nSPS) is 41.4. The van der Waals surface area contributed by atoms with Gasteiger partial charge in [0.25, 0.3) is 0 Å². The molecule has 0 saturated heterocycles. The first-order valence-electron chi connectivity index (χ1n) is 14.0. The number of hydrogen-bond donors (Lipinski definition) is 1. The van der Waals surface area contributed by atoms with Crippen LogP contribution in [0.15, 0.2) is 23.8 Å². The van der Waals surface area contributed by atoms with E-state index < -0.39 is 51.7 Å². The van der Waals surface area contributed by atoms with Crippen LogP contribution in [0.4, 0.5) is 0 Å². The Balaban J connectivity index is 1.77. The summed E-state index contributed by atoms with van der Waals surface area (Å²) < 4.78 is 11.5. The average Bonchev–Trinajstić information content (AvgIpc) is 3.06. The van der Waals surface area contributed by atoms with Crippen LogP contribution in [0.25, 0.3) is 0 Å². The third-order valence-corrected chi connectivity index (χ3v) is 11.1. The number of ether oxygens (including phenoxy) is 2. The van der Waals surface area contributed by atoms with Crippen LogP contribution in [-0.4, -0.2) is 51.8 Å². The molecule has 3 fully saturated rings. The number of Topliss-reactive ketones (excluding diaryl/α,β-unsaturated/α-hetero) is 1. The topological polar surface area (TPSA) is 107 Å². The van der Waals surface area contributed by atoms with Crippen LogP contribution in [0.2, 0.25) is 0 Å². The number of fused-ring (bicyclic) bond motifs is 5. The molecule has 8 atom stereocenters. The average molecular weight is 549 g/mol. The number of esters is 2. The van der Waals surface area contributed by atoms with E-state index >= 15 is 0 Å². The molecule has 0 aromatic carbocycles. The summed E-state index contributed by atoms with van der Waals surface area (Å²) in [5, 5.41) is 11.9. The molecule has 0 aliphatic heterocycles. The van der Waals surface area contributed by atoms with Crippen LogP contribution >= 0.6 is 11.6 Å². The summed E-state index contributed by atoms with van der Waals surface area (Å²) in [5.41, 5.74) is -2.27. The Morgan fingerprint density at radius 2 is 1.76 bits per heavy atom. The minimum atomic E-state index is -1.55. The first kappa shape index (κ1) is 29.0. The largest absolute Gasteiger partial charge is 0.457 e. The highest BCUT2D eigenvalue weighted by molar-refractivity contribution is 6.26. The first-order valence-corrected chi connectivity index (χ1v) is 14.4. The van der Waals surface area contributed by atoms with Crippen molar-refractivity contribution in [2.45, 2.75) is 103 Å². The van der Waals surface area contributed by atoms with E-state index in [2.05, 4.69) is 0 Å². The summed E-state index contributed by atoms with van der Waals surface area (Å²) in [7, 11) is 0. The SMILES string of the molecule is CCCC(=O)OCC(=O)[C@@]1(OC(=O)CCC)[C@H](C)C[C@H]2[C@@H]3CCC4=CC(=O)C=C[C@]4(C)[C@@]3(Cl)[C@@H](O)C[C@@]21C. The molecule has 8 heteroatoms. The first-order chi connectivity index (χ1) is 17.8. The number of ketones is 2. The summed E-state index contributed by atoms with van der Waals surface area (Å²) in [4.78, 5) is 50.2. The van der Waals surface area contributed by atoms with Gasteiger partial charge in [-0.15, -0.1) is 11.6 Å². The van der Waals surface area contributed by atoms with Crippen molar-refractivity contribution in [1.29, 1.82) is 0 Å². The predicted octanol–water partition coefficient (Wildman–Crippen LogP) is 4.87. The van der Waals surface area contributed by atoms with Gasteiger partial charge in [-0.3, -0.25) is 19.2 Å². The lowest BCUT2D eigenvalue weighted by Crippen LogP contribution is -2.69. The zero-order valence-electron chi connectivity index (χ0n) is 23.2. The molecule has 0 heterocycles. The smallest absolute Gasteiger partial charge is 0.306 e. The molecular formula is C30H41ClO7. The minimum Gasteiger partial charge on any atom is -0.457 e. The quantitative estimate of drug-likeness (QED) is 0.340. The molecule has 210 valence electrons. The van der Waals surface area contributed by atoms with Crippen LogP contribution in [0.1, 0.15) is 86.0 Å². The molecule has 0 unspecified atom stereocenters. The molecule has 1 N–H and O–H groups in total. The molecule has 38 heavy (non-hydrogen) atoms. The Labute approximate surface area is 230 Å². The maximum absolute atomic E-state index is 14.0. The summed E-state index contributed by atoms with van der Waals surface area (Å²) in [5.74, 6) is -2.15. The Morgan fingerprint density at radius 3 is 2.42 bits per heavy atom. The van der Waals surface area contributed by atoms with Gasteiger partial charge in [-0.05, 0) is 62.5 Å². The Hall–Kier alpha value is -1.99. The maximum Gasteiger partial charge on any atom is 0.306 e. The maximum atomic E-state index is 14.0. The molecule has 0 aromatic rings. The van der Waals surface area contributed by atoms with E-state index in [1.807, 2.05) is 40.7 Å². The number of hydrogen-bond acceptors (Lipinski definition) is 7.